The molecule has 1 unspecified atom stereocenters. The normalized spacial score (nSPS) is 11.3. The first-order valence-corrected chi connectivity index (χ1v) is 9.12. The average molecular weight is 380 g/mol. The Balaban J connectivity index is 2.64. The van der Waals surface area contributed by atoms with E-state index in [0.717, 1.165) is 17.3 Å². The Labute approximate surface area is 163 Å². The first-order valence-electron chi connectivity index (χ1n) is 8.24. The molecule has 2 heterocycles. The summed E-state index contributed by atoms with van der Waals surface area (Å²) in [6, 6.07) is 5.73. The van der Waals surface area contributed by atoms with Crippen LogP contribution in [0.5, 0.6) is 0 Å². The number of thioether (sulfide) groups is 1. The number of nitrogens with zero attached hydrogens (tertiary/aromatic N) is 5. The molecule has 0 aliphatic rings. The molecule has 0 fully saturated rings. The van der Waals surface area contributed by atoms with E-state index in [2.05, 4.69) is 20.9 Å². The van der Waals surface area contributed by atoms with Crippen molar-refractivity contribution in [2.24, 2.45) is 5.73 Å². The highest BCUT2D eigenvalue weighted by atomic mass is 32.2. The van der Waals surface area contributed by atoms with Crippen molar-refractivity contribution in [1.82, 2.24) is 9.97 Å². The number of amides is 1. The van der Waals surface area contributed by atoms with E-state index in [9.17, 15) is 10.1 Å². The molecular weight excluding hydrogens is 360 g/mol. The van der Waals surface area contributed by atoms with E-state index in [1.165, 1.54) is 0 Å². The molecule has 0 aromatic carbocycles. The number of carbonyl (C=O) groups is 1. The minimum absolute atomic E-state index is 0.303. The fourth-order valence-corrected chi connectivity index (χ4v) is 3.60. The molecule has 138 valence electrons. The van der Waals surface area contributed by atoms with Gasteiger partial charge in [-0.15, -0.1) is 0 Å². The molecule has 2 aromatic heterocycles. The van der Waals surface area contributed by atoms with Crippen LogP contribution in [0.3, 0.4) is 0 Å². The van der Waals surface area contributed by atoms with Gasteiger partial charge in [-0.1, -0.05) is 24.8 Å². The van der Waals surface area contributed by atoms with Crippen molar-refractivity contribution in [3.05, 3.63) is 52.1 Å². The Bertz CT molecular complexity index is 941. The first-order chi connectivity index (χ1) is 12.8. The number of aryl methyl sites for hydroxylation is 1. The Hall–Kier alpha value is -3.10. The molecule has 0 aliphatic heterocycles. The maximum Gasteiger partial charge on any atom is 0.237 e. The van der Waals surface area contributed by atoms with Gasteiger partial charge in [0.15, 0.2) is 0 Å². The SMILES string of the molecule is [C-]#[N+]c1c(N(C)C)nc(SC(C(N)=O)c2ccc(C)cn2)c(C#N)c1CC. The molecule has 2 N–H and O–H groups in total. The van der Waals surface area contributed by atoms with Gasteiger partial charge in [0.1, 0.15) is 22.2 Å². The number of primary amides is 1. The van der Waals surface area contributed by atoms with Gasteiger partial charge in [0.25, 0.3) is 0 Å². The number of rotatable bonds is 6. The molecule has 0 bridgehead atoms. The van der Waals surface area contributed by atoms with Gasteiger partial charge < -0.3 is 10.6 Å². The van der Waals surface area contributed by atoms with Gasteiger partial charge in [-0.3, -0.25) is 9.78 Å². The lowest BCUT2D eigenvalue weighted by molar-refractivity contribution is -0.117. The van der Waals surface area contributed by atoms with Crippen molar-refractivity contribution >= 4 is 29.2 Å². The largest absolute Gasteiger partial charge is 0.371 e. The van der Waals surface area contributed by atoms with Crippen molar-refractivity contribution in [3.63, 3.8) is 0 Å². The van der Waals surface area contributed by atoms with Crippen molar-refractivity contribution < 1.29 is 4.79 Å². The molecule has 0 spiro atoms. The zero-order valence-corrected chi connectivity index (χ0v) is 16.5. The Kier molecular flexibility index (Phi) is 6.38. The second-order valence-corrected chi connectivity index (χ2v) is 7.17. The number of aromatic nitrogens is 2. The summed E-state index contributed by atoms with van der Waals surface area (Å²) in [5.41, 5.74) is 8.35. The zero-order chi connectivity index (χ0) is 20.1. The van der Waals surface area contributed by atoms with Crippen LogP contribution in [-0.4, -0.2) is 30.0 Å². The lowest BCUT2D eigenvalue weighted by atomic mass is 10.1. The molecule has 0 saturated carbocycles. The van der Waals surface area contributed by atoms with Crippen LogP contribution in [0.15, 0.2) is 23.4 Å². The zero-order valence-electron chi connectivity index (χ0n) is 15.6. The lowest BCUT2D eigenvalue weighted by Gasteiger charge is -2.20. The molecule has 0 radical (unpaired) electrons. The third kappa shape index (κ3) is 4.18. The van der Waals surface area contributed by atoms with E-state index in [-0.39, 0.29) is 0 Å². The number of hydrogen-bond donors (Lipinski definition) is 1. The van der Waals surface area contributed by atoms with Crippen molar-refractivity contribution in [1.29, 1.82) is 5.26 Å². The number of pyridine rings is 2. The summed E-state index contributed by atoms with van der Waals surface area (Å²) in [5, 5.41) is 9.27. The van der Waals surface area contributed by atoms with E-state index in [0.29, 0.717) is 39.8 Å². The topological polar surface area (TPSA) is 100 Å². The fourth-order valence-electron chi connectivity index (χ4n) is 2.57. The molecular formula is C19H20N6OS. The summed E-state index contributed by atoms with van der Waals surface area (Å²) < 4.78 is 0. The van der Waals surface area contributed by atoms with Crippen molar-refractivity contribution in [2.45, 2.75) is 30.5 Å². The quantitative estimate of drug-likeness (QED) is 0.610. The Morgan fingerprint density at radius 2 is 2.19 bits per heavy atom. The first kappa shape index (κ1) is 20.2. The molecule has 0 aliphatic carbocycles. The minimum Gasteiger partial charge on any atom is -0.371 e. The van der Waals surface area contributed by atoms with Crippen molar-refractivity contribution in [3.8, 4) is 6.07 Å². The molecule has 1 amide bonds. The molecule has 7 nitrogen and oxygen atoms in total. The third-order valence-electron chi connectivity index (χ3n) is 3.91. The van der Waals surface area contributed by atoms with Crippen LogP contribution in [0.2, 0.25) is 0 Å². The average Bonchev–Trinajstić information content (AvgIpc) is 2.65. The fraction of sp³-hybridized carbons (Fsp3) is 0.316. The second-order valence-electron chi connectivity index (χ2n) is 6.07. The summed E-state index contributed by atoms with van der Waals surface area (Å²) in [5.74, 6) is -0.107. The van der Waals surface area contributed by atoms with Crippen LogP contribution in [0.4, 0.5) is 11.5 Å². The predicted molar refractivity (Wildman–Crippen MR) is 106 cm³/mol. The van der Waals surface area contributed by atoms with Gasteiger partial charge in [-0.05, 0) is 30.5 Å². The summed E-state index contributed by atoms with van der Waals surface area (Å²) in [6.07, 6.45) is 2.16. The van der Waals surface area contributed by atoms with Crippen LogP contribution >= 0.6 is 11.8 Å². The van der Waals surface area contributed by atoms with Crippen LogP contribution < -0.4 is 10.6 Å². The molecule has 2 rings (SSSR count). The maximum atomic E-state index is 12.1. The van der Waals surface area contributed by atoms with E-state index in [1.54, 1.807) is 31.3 Å². The Morgan fingerprint density at radius 1 is 1.48 bits per heavy atom. The van der Waals surface area contributed by atoms with Crippen LogP contribution in [0.25, 0.3) is 4.85 Å². The highest BCUT2D eigenvalue weighted by molar-refractivity contribution is 8.00. The highest BCUT2D eigenvalue weighted by Crippen LogP contribution is 2.41. The third-order valence-corrected chi connectivity index (χ3v) is 5.14. The minimum atomic E-state index is -0.788. The van der Waals surface area contributed by atoms with Gasteiger partial charge in [0, 0.05) is 20.3 Å². The number of hydrogen-bond acceptors (Lipinski definition) is 6. The van der Waals surface area contributed by atoms with Gasteiger partial charge in [-0.25, -0.2) is 9.83 Å². The molecule has 0 saturated heterocycles. The van der Waals surface area contributed by atoms with Crippen LogP contribution in [0, 0.1) is 24.8 Å². The highest BCUT2D eigenvalue weighted by Gasteiger charge is 2.26. The maximum absolute atomic E-state index is 12.1. The standard InChI is InChI=1S/C19H20N6OS/c1-6-12-13(9-20)19(24-18(25(4)5)15(12)22-3)27-16(17(21)26)14-8-7-11(2)10-23-14/h7-8,10,16H,6H2,1-2,4-5H3,(H2,21,26). The Morgan fingerprint density at radius 3 is 2.63 bits per heavy atom. The smallest absolute Gasteiger partial charge is 0.237 e. The molecule has 8 heteroatoms. The number of nitrogens with two attached hydrogens (primary N) is 1. The summed E-state index contributed by atoms with van der Waals surface area (Å²) >= 11 is 1.09. The van der Waals surface area contributed by atoms with Gasteiger partial charge >= 0.3 is 0 Å². The number of carbonyl (C=O) groups excluding carboxylic acids is 1. The molecule has 2 aromatic rings. The van der Waals surface area contributed by atoms with Crippen LogP contribution in [0.1, 0.15) is 34.6 Å². The van der Waals surface area contributed by atoms with Crippen LogP contribution in [-0.2, 0) is 11.2 Å². The lowest BCUT2D eigenvalue weighted by Crippen LogP contribution is -2.20. The molecule has 27 heavy (non-hydrogen) atoms. The number of anilines is 1. The van der Waals surface area contributed by atoms with E-state index in [4.69, 9.17) is 12.3 Å². The van der Waals surface area contributed by atoms with Crippen molar-refractivity contribution in [2.75, 3.05) is 19.0 Å². The van der Waals surface area contributed by atoms with Gasteiger partial charge in [-0.2, -0.15) is 5.26 Å². The number of nitriles is 1. The summed E-state index contributed by atoms with van der Waals surface area (Å²) in [4.78, 5) is 26.2. The van der Waals surface area contributed by atoms with Gasteiger partial charge in [0.2, 0.25) is 11.6 Å². The summed E-state index contributed by atoms with van der Waals surface area (Å²) in [6.45, 7) is 11.3. The van der Waals surface area contributed by atoms with E-state index >= 15 is 0 Å². The predicted octanol–water partition coefficient (Wildman–Crippen LogP) is 3.15. The monoisotopic (exact) mass is 380 g/mol. The van der Waals surface area contributed by atoms with E-state index < -0.39 is 11.2 Å². The second kappa shape index (κ2) is 8.52. The van der Waals surface area contributed by atoms with E-state index in [1.807, 2.05) is 19.9 Å². The van der Waals surface area contributed by atoms with Gasteiger partial charge in [0.05, 0.1) is 17.8 Å². The molecule has 1 atom stereocenters. The summed E-state index contributed by atoms with van der Waals surface area (Å²) in [7, 11) is 3.56.